The molecule has 2 N–H and O–H groups in total. The fourth-order valence-electron chi connectivity index (χ4n) is 3.87. The third-order valence-electron chi connectivity index (χ3n) is 5.71. The van der Waals surface area contributed by atoms with Gasteiger partial charge in [0, 0.05) is 10.9 Å². The highest BCUT2D eigenvalue weighted by Gasteiger charge is 2.52. The molecule has 2 saturated carbocycles. The van der Waals surface area contributed by atoms with Crippen LogP contribution >= 0.6 is 11.3 Å². The Hall–Kier alpha value is -1.72. The number of hydrogen-bond donors (Lipinski definition) is 2. The van der Waals surface area contributed by atoms with E-state index in [1.54, 1.807) is 23.5 Å². The molecular formula is C20H22FNO2S. The minimum Gasteiger partial charge on any atom is -0.385 e. The zero-order chi connectivity index (χ0) is 17.5. The van der Waals surface area contributed by atoms with Gasteiger partial charge in [-0.15, -0.1) is 11.3 Å². The Labute approximate surface area is 150 Å². The standard InChI is InChI=1S/C20H22FNO2S/c21-15-5-3-14(4-6-15)20(24)9-7-16(8-10-20)22-18(23)19(11-12-19)17-2-1-13-25-17/h1-6,13,16,24H,7-12H2,(H,22,23). The minimum absolute atomic E-state index is 0.102. The van der Waals surface area contributed by atoms with Gasteiger partial charge >= 0.3 is 0 Å². The van der Waals surface area contributed by atoms with Crippen LogP contribution in [0.1, 0.15) is 49.0 Å². The predicted octanol–water partition coefficient (Wildman–Crippen LogP) is 3.87. The van der Waals surface area contributed by atoms with E-state index in [-0.39, 0.29) is 23.2 Å². The highest BCUT2D eigenvalue weighted by Crippen LogP contribution is 2.50. The molecule has 0 aliphatic heterocycles. The molecule has 0 spiro atoms. The molecule has 2 aromatic rings. The zero-order valence-corrected chi connectivity index (χ0v) is 14.8. The Morgan fingerprint density at radius 2 is 1.80 bits per heavy atom. The number of nitrogens with one attached hydrogen (secondary N) is 1. The lowest BCUT2D eigenvalue weighted by atomic mass is 9.77. The summed E-state index contributed by atoms with van der Waals surface area (Å²) in [6.45, 7) is 0. The summed E-state index contributed by atoms with van der Waals surface area (Å²) >= 11 is 1.65. The van der Waals surface area contributed by atoms with E-state index in [1.807, 2.05) is 17.5 Å². The molecule has 2 fully saturated rings. The number of carbonyl (C=O) groups excluding carboxylic acids is 1. The van der Waals surface area contributed by atoms with Crippen LogP contribution in [-0.4, -0.2) is 17.1 Å². The summed E-state index contributed by atoms with van der Waals surface area (Å²) in [5.74, 6) is -0.163. The van der Waals surface area contributed by atoms with Gasteiger partial charge in [-0.2, -0.15) is 0 Å². The lowest BCUT2D eigenvalue weighted by Gasteiger charge is -2.37. The van der Waals surface area contributed by atoms with Gasteiger partial charge in [-0.3, -0.25) is 4.79 Å². The van der Waals surface area contributed by atoms with Crippen molar-refractivity contribution in [1.82, 2.24) is 5.32 Å². The molecule has 25 heavy (non-hydrogen) atoms. The molecule has 3 nitrogen and oxygen atoms in total. The highest BCUT2D eigenvalue weighted by atomic mass is 32.1. The molecule has 2 aliphatic carbocycles. The van der Waals surface area contributed by atoms with E-state index in [0.717, 1.165) is 36.1 Å². The number of carbonyl (C=O) groups is 1. The smallest absolute Gasteiger partial charge is 0.231 e. The van der Waals surface area contributed by atoms with E-state index >= 15 is 0 Å². The zero-order valence-electron chi connectivity index (χ0n) is 14.0. The van der Waals surface area contributed by atoms with E-state index in [0.29, 0.717) is 12.8 Å². The van der Waals surface area contributed by atoms with Gasteiger partial charge in [0.15, 0.2) is 0 Å². The van der Waals surface area contributed by atoms with Gasteiger partial charge in [-0.05, 0) is 67.7 Å². The van der Waals surface area contributed by atoms with E-state index < -0.39 is 5.60 Å². The second-order valence-corrected chi connectivity index (χ2v) is 8.29. The van der Waals surface area contributed by atoms with Crippen molar-refractivity contribution in [2.24, 2.45) is 0 Å². The molecule has 4 rings (SSSR count). The van der Waals surface area contributed by atoms with Crippen molar-refractivity contribution in [1.29, 1.82) is 0 Å². The Balaban J connectivity index is 1.38. The Kier molecular flexibility index (Phi) is 4.16. The predicted molar refractivity (Wildman–Crippen MR) is 95.9 cm³/mol. The van der Waals surface area contributed by atoms with E-state index in [1.165, 1.54) is 12.1 Å². The molecule has 0 atom stereocenters. The molecular weight excluding hydrogens is 337 g/mol. The lowest BCUT2D eigenvalue weighted by Crippen LogP contribution is -2.45. The van der Waals surface area contributed by atoms with Crippen molar-refractivity contribution in [2.75, 3.05) is 0 Å². The van der Waals surface area contributed by atoms with E-state index in [9.17, 15) is 14.3 Å². The average molecular weight is 359 g/mol. The summed E-state index contributed by atoms with van der Waals surface area (Å²) in [4.78, 5) is 13.9. The number of halogens is 1. The number of hydrogen-bond acceptors (Lipinski definition) is 3. The monoisotopic (exact) mass is 359 g/mol. The summed E-state index contributed by atoms with van der Waals surface area (Å²) in [7, 11) is 0. The molecule has 0 bridgehead atoms. The first kappa shape index (κ1) is 16.7. The third-order valence-corrected chi connectivity index (χ3v) is 6.78. The maximum atomic E-state index is 13.1. The first-order valence-electron chi connectivity index (χ1n) is 8.85. The molecule has 1 aromatic carbocycles. The van der Waals surface area contributed by atoms with Crippen molar-refractivity contribution in [3.05, 3.63) is 58.0 Å². The molecule has 0 unspecified atom stereocenters. The highest BCUT2D eigenvalue weighted by molar-refractivity contribution is 7.10. The van der Waals surface area contributed by atoms with Gasteiger partial charge in [0.05, 0.1) is 11.0 Å². The fraction of sp³-hybridized carbons (Fsp3) is 0.450. The molecule has 1 amide bonds. The van der Waals surface area contributed by atoms with Crippen LogP contribution in [-0.2, 0) is 15.8 Å². The van der Waals surface area contributed by atoms with Crippen molar-refractivity contribution in [3.63, 3.8) is 0 Å². The summed E-state index contributed by atoms with van der Waals surface area (Å²) in [6, 6.07) is 10.2. The Morgan fingerprint density at radius 1 is 1.12 bits per heavy atom. The first-order valence-corrected chi connectivity index (χ1v) is 9.73. The van der Waals surface area contributed by atoms with Crippen molar-refractivity contribution in [2.45, 2.75) is 55.6 Å². The van der Waals surface area contributed by atoms with Crippen LogP contribution in [0.2, 0.25) is 0 Å². The number of rotatable bonds is 4. The number of benzene rings is 1. The third kappa shape index (κ3) is 3.11. The molecule has 2 aliphatic rings. The molecule has 0 saturated heterocycles. The average Bonchev–Trinajstić information content (AvgIpc) is 3.24. The largest absolute Gasteiger partial charge is 0.385 e. The van der Waals surface area contributed by atoms with E-state index in [4.69, 9.17) is 0 Å². The van der Waals surface area contributed by atoms with Crippen molar-refractivity contribution >= 4 is 17.2 Å². The van der Waals surface area contributed by atoms with Crippen LogP contribution in [0.15, 0.2) is 41.8 Å². The van der Waals surface area contributed by atoms with Crippen LogP contribution in [0.5, 0.6) is 0 Å². The summed E-state index contributed by atoms with van der Waals surface area (Å²) in [5.41, 5.74) is -0.463. The van der Waals surface area contributed by atoms with Crippen LogP contribution in [0.3, 0.4) is 0 Å². The SMILES string of the molecule is O=C(NC1CCC(O)(c2ccc(F)cc2)CC1)C1(c2cccs2)CC1. The van der Waals surface area contributed by atoms with E-state index in [2.05, 4.69) is 5.32 Å². The van der Waals surface area contributed by atoms with Gasteiger partial charge < -0.3 is 10.4 Å². The maximum absolute atomic E-state index is 13.1. The van der Waals surface area contributed by atoms with Gasteiger partial charge in [0.1, 0.15) is 5.82 Å². The number of aliphatic hydroxyl groups is 1. The van der Waals surface area contributed by atoms with Crippen LogP contribution in [0, 0.1) is 5.82 Å². The summed E-state index contributed by atoms with van der Waals surface area (Å²) in [6.07, 6.45) is 4.47. The maximum Gasteiger partial charge on any atom is 0.231 e. The topological polar surface area (TPSA) is 49.3 Å². The second-order valence-electron chi connectivity index (χ2n) is 7.35. The fourth-order valence-corrected chi connectivity index (χ4v) is 4.86. The van der Waals surface area contributed by atoms with Crippen LogP contribution in [0.4, 0.5) is 4.39 Å². The van der Waals surface area contributed by atoms with Crippen molar-refractivity contribution in [3.8, 4) is 0 Å². The molecule has 1 heterocycles. The molecule has 132 valence electrons. The lowest BCUT2D eigenvalue weighted by molar-refractivity contribution is -0.125. The van der Waals surface area contributed by atoms with Gasteiger partial charge in [-0.25, -0.2) is 4.39 Å². The normalized spacial score (nSPS) is 27.7. The Bertz CT molecular complexity index is 745. The van der Waals surface area contributed by atoms with Crippen LogP contribution < -0.4 is 5.32 Å². The molecule has 5 heteroatoms. The van der Waals surface area contributed by atoms with Crippen molar-refractivity contribution < 1.29 is 14.3 Å². The Morgan fingerprint density at radius 3 is 2.36 bits per heavy atom. The molecule has 1 aromatic heterocycles. The van der Waals surface area contributed by atoms with Crippen LogP contribution in [0.25, 0.3) is 0 Å². The number of thiophene rings is 1. The number of amides is 1. The second kappa shape index (κ2) is 6.22. The first-order chi connectivity index (χ1) is 12.0. The molecule has 0 radical (unpaired) electrons. The van der Waals surface area contributed by atoms with Gasteiger partial charge in [0.25, 0.3) is 0 Å². The van der Waals surface area contributed by atoms with Gasteiger partial charge in [-0.1, -0.05) is 18.2 Å². The van der Waals surface area contributed by atoms with Gasteiger partial charge in [0.2, 0.25) is 5.91 Å². The summed E-state index contributed by atoms with van der Waals surface area (Å²) in [5, 5.41) is 16.1. The summed E-state index contributed by atoms with van der Waals surface area (Å²) < 4.78 is 13.1. The minimum atomic E-state index is -0.917. The quantitative estimate of drug-likeness (QED) is 0.871.